The van der Waals surface area contributed by atoms with Gasteiger partial charge in [0.2, 0.25) is 0 Å². The Bertz CT molecular complexity index is 423. The number of para-hydroxylation sites is 1. The standard InChI is InChI=1S/C14H21N3O/c1-10-6-5-7-11(2)17(10)14(18)12-8-3-4-9-13(12)16-15/h3-4,8-11,16H,5-7,15H2,1-2H3/t10-,11+. The number of piperidine rings is 1. The van der Waals surface area contributed by atoms with Crippen LogP contribution in [0.15, 0.2) is 24.3 Å². The van der Waals surface area contributed by atoms with Gasteiger partial charge in [0, 0.05) is 12.1 Å². The fourth-order valence-electron chi connectivity index (χ4n) is 2.76. The largest absolute Gasteiger partial charge is 0.333 e. The zero-order chi connectivity index (χ0) is 13.1. The van der Waals surface area contributed by atoms with E-state index >= 15 is 0 Å². The molecule has 1 saturated heterocycles. The van der Waals surface area contributed by atoms with E-state index in [0.717, 1.165) is 12.8 Å². The highest BCUT2D eigenvalue weighted by molar-refractivity contribution is 5.99. The lowest BCUT2D eigenvalue weighted by atomic mass is 9.96. The van der Waals surface area contributed by atoms with Crippen molar-refractivity contribution in [2.24, 2.45) is 5.84 Å². The van der Waals surface area contributed by atoms with Crippen LogP contribution < -0.4 is 11.3 Å². The van der Waals surface area contributed by atoms with Gasteiger partial charge in [-0.3, -0.25) is 10.6 Å². The van der Waals surface area contributed by atoms with Crippen LogP contribution in [0.5, 0.6) is 0 Å². The van der Waals surface area contributed by atoms with E-state index in [1.54, 1.807) is 0 Å². The Hall–Kier alpha value is -1.55. The highest BCUT2D eigenvalue weighted by Gasteiger charge is 2.30. The van der Waals surface area contributed by atoms with Gasteiger partial charge in [0.05, 0.1) is 11.3 Å². The van der Waals surface area contributed by atoms with Crippen molar-refractivity contribution in [2.45, 2.75) is 45.2 Å². The van der Waals surface area contributed by atoms with Gasteiger partial charge in [-0.25, -0.2) is 0 Å². The van der Waals surface area contributed by atoms with Crippen molar-refractivity contribution in [3.8, 4) is 0 Å². The summed E-state index contributed by atoms with van der Waals surface area (Å²) in [5.41, 5.74) is 3.94. The first kappa shape index (κ1) is 12.9. The molecule has 2 rings (SSSR count). The first-order chi connectivity index (χ1) is 8.65. The number of nitrogens with two attached hydrogens (primary N) is 1. The van der Waals surface area contributed by atoms with Crippen molar-refractivity contribution in [1.82, 2.24) is 4.90 Å². The number of hydrogen-bond donors (Lipinski definition) is 2. The Balaban J connectivity index is 2.29. The van der Waals surface area contributed by atoms with E-state index in [9.17, 15) is 4.79 Å². The van der Waals surface area contributed by atoms with Crippen LogP contribution in [0.3, 0.4) is 0 Å². The summed E-state index contributed by atoms with van der Waals surface area (Å²) in [5, 5.41) is 0. The number of benzene rings is 1. The topological polar surface area (TPSA) is 58.4 Å². The number of nitrogens with one attached hydrogen (secondary N) is 1. The molecule has 0 saturated carbocycles. The lowest BCUT2D eigenvalue weighted by Crippen LogP contribution is -2.47. The van der Waals surface area contributed by atoms with Gasteiger partial charge in [-0.1, -0.05) is 12.1 Å². The van der Waals surface area contributed by atoms with E-state index in [1.165, 1.54) is 6.42 Å². The molecule has 0 spiro atoms. The van der Waals surface area contributed by atoms with Crippen LogP contribution in [0.2, 0.25) is 0 Å². The minimum Gasteiger partial charge on any atom is -0.333 e. The second-order valence-electron chi connectivity index (χ2n) is 5.03. The van der Waals surface area contributed by atoms with Gasteiger partial charge in [0.25, 0.3) is 5.91 Å². The molecule has 2 atom stereocenters. The fourth-order valence-corrected chi connectivity index (χ4v) is 2.76. The van der Waals surface area contributed by atoms with Gasteiger partial charge in [-0.2, -0.15) is 0 Å². The minimum atomic E-state index is 0.0725. The lowest BCUT2D eigenvalue weighted by Gasteiger charge is -2.39. The Morgan fingerprint density at radius 1 is 1.28 bits per heavy atom. The average molecular weight is 247 g/mol. The van der Waals surface area contributed by atoms with Crippen LogP contribution in [0.25, 0.3) is 0 Å². The Kier molecular flexibility index (Phi) is 3.87. The van der Waals surface area contributed by atoms with Crippen molar-refractivity contribution in [1.29, 1.82) is 0 Å². The maximum absolute atomic E-state index is 12.6. The van der Waals surface area contributed by atoms with Crippen molar-refractivity contribution >= 4 is 11.6 Å². The first-order valence-electron chi connectivity index (χ1n) is 6.53. The van der Waals surface area contributed by atoms with Crippen molar-refractivity contribution in [2.75, 3.05) is 5.43 Å². The van der Waals surface area contributed by atoms with Crippen LogP contribution in [-0.2, 0) is 0 Å². The van der Waals surface area contributed by atoms with Crippen molar-refractivity contribution in [3.05, 3.63) is 29.8 Å². The second-order valence-corrected chi connectivity index (χ2v) is 5.03. The zero-order valence-electron chi connectivity index (χ0n) is 11.0. The highest BCUT2D eigenvalue weighted by Crippen LogP contribution is 2.26. The number of amides is 1. The van der Waals surface area contributed by atoms with Gasteiger partial charge in [0.1, 0.15) is 0 Å². The van der Waals surface area contributed by atoms with Crippen LogP contribution in [0, 0.1) is 0 Å². The van der Waals surface area contributed by atoms with E-state index in [1.807, 2.05) is 29.2 Å². The van der Waals surface area contributed by atoms with Gasteiger partial charge in [-0.15, -0.1) is 0 Å². The fraction of sp³-hybridized carbons (Fsp3) is 0.500. The molecule has 1 aromatic carbocycles. The quantitative estimate of drug-likeness (QED) is 0.623. The zero-order valence-corrected chi connectivity index (χ0v) is 11.0. The molecule has 4 heteroatoms. The summed E-state index contributed by atoms with van der Waals surface area (Å²) in [7, 11) is 0. The number of carbonyl (C=O) groups excluding carboxylic acids is 1. The number of nitrogens with zero attached hydrogens (tertiary/aromatic N) is 1. The SMILES string of the molecule is C[C@@H]1CCC[C@H](C)N1C(=O)c1ccccc1NN. The molecule has 0 aromatic heterocycles. The Morgan fingerprint density at radius 3 is 2.50 bits per heavy atom. The molecule has 4 nitrogen and oxygen atoms in total. The summed E-state index contributed by atoms with van der Waals surface area (Å²) < 4.78 is 0. The van der Waals surface area contributed by atoms with Crippen LogP contribution in [0.4, 0.5) is 5.69 Å². The van der Waals surface area contributed by atoms with Gasteiger partial charge in [0.15, 0.2) is 0 Å². The molecule has 0 bridgehead atoms. The monoisotopic (exact) mass is 247 g/mol. The molecule has 1 aromatic rings. The number of rotatable bonds is 2. The smallest absolute Gasteiger partial charge is 0.256 e. The van der Waals surface area contributed by atoms with Crippen molar-refractivity contribution in [3.63, 3.8) is 0 Å². The van der Waals surface area contributed by atoms with Crippen LogP contribution in [0.1, 0.15) is 43.5 Å². The van der Waals surface area contributed by atoms with E-state index in [4.69, 9.17) is 5.84 Å². The second kappa shape index (κ2) is 5.40. The molecule has 98 valence electrons. The number of likely N-dealkylation sites (tertiary alicyclic amines) is 1. The lowest BCUT2D eigenvalue weighted by molar-refractivity contribution is 0.0512. The average Bonchev–Trinajstić information content (AvgIpc) is 2.38. The summed E-state index contributed by atoms with van der Waals surface area (Å²) >= 11 is 0. The molecule has 1 amide bonds. The summed E-state index contributed by atoms with van der Waals surface area (Å²) in [5.74, 6) is 5.54. The molecule has 0 unspecified atom stereocenters. The van der Waals surface area contributed by atoms with Crippen molar-refractivity contribution < 1.29 is 4.79 Å². The molecule has 18 heavy (non-hydrogen) atoms. The molecular formula is C14H21N3O. The van der Waals surface area contributed by atoms with E-state index in [0.29, 0.717) is 23.3 Å². The Morgan fingerprint density at radius 2 is 1.89 bits per heavy atom. The molecular weight excluding hydrogens is 226 g/mol. The Labute approximate surface area is 108 Å². The number of nitrogen functional groups attached to an aromatic ring is 1. The van der Waals surface area contributed by atoms with E-state index < -0.39 is 0 Å². The van der Waals surface area contributed by atoms with E-state index in [2.05, 4.69) is 19.3 Å². The molecule has 0 aliphatic carbocycles. The third-order valence-corrected chi connectivity index (χ3v) is 3.74. The molecule has 1 aliphatic rings. The molecule has 1 fully saturated rings. The van der Waals surface area contributed by atoms with Crippen LogP contribution >= 0.6 is 0 Å². The highest BCUT2D eigenvalue weighted by atomic mass is 16.2. The van der Waals surface area contributed by atoms with Gasteiger partial charge in [-0.05, 0) is 45.2 Å². The number of anilines is 1. The number of hydrazine groups is 1. The summed E-state index contributed by atoms with van der Waals surface area (Å²) in [4.78, 5) is 14.6. The van der Waals surface area contributed by atoms with Gasteiger partial charge >= 0.3 is 0 Å². The molecule has 1 aliphatic heterocycles. The maximum atomic E-state index is 12.6. The summed E-state index contributed by atoms with van der Waals surface area (Å²) in [6.45, 7) is 4.23. The number of carbonyl (C=O) groups is 1. The minimum absolute atomic E-state index is 0.0725. The third-order valence-electron chi connectivity index (χ3n) is 3.74. The first-order valence-corrected chi connectivity index (χ1v) is 6.53. The normalized spacial score (nSPS) is 23.8. The van der Waals surface area contributed by atoms with E-state index in [-0.39, 0.29) is 5.91 Å². The maximum Gasteiger partial charge on any atom is 0.256 e. The van der Waals surface area contributed by atoms with Crippen LogP contribution in [-0.4, -0.2) is 22.9 Å². The molecule has 0 radical (unpaired) electrons. The number of hydrogen-bond acceptors (Lipinski definition) is 3. The molecule has 1 heterocycles. The summed E-state index contributed by atoms with van der Waals surface area (Å²) in [6.07, 6.45) is 3.35. The van der Waals surface area contributed by atoms with Gasteiger partial charge < -0.3 is 10.3 Å². The summed E-state index contributed by atoms with van der Waals surface area (Å²) in [6, 6.07) is 7.99. The third kappa shape index (κ3) is 2.34. The predicted molar refractivity (Wildman–Crippen MR) is 73.2 cm³/mol. The molecule has 3 N–H and O–H groups in total. The predicted octanol–water partition coefficient (Wildman–Crippen LogP) is 2.38.